The van der Waals surface area contributed by atoms with E-state index in [9.17, 15) is 0 Å². The summed E-state index contributed by atoms with van der Waals surface area (Å²) < 4.78 is 14.6. The standard InChI is InChI=1S/C64H40N6O/c1-39-37-54(61-57(47-31-15-20-36-55(47)71-61)56(39)64-66-62(40-21-5-2-6-22-40)65-63(67-64)41-23-7-3-8-24-41)70-51-34-18-13-29-45(51)48-38-53(69-49-32-16-11-27-43(49)44-28-12-17-33-50(44)69)60-58(59(48)70)46-30-14-19-35-52(46)68(60)42-25-9-4-10-26-42/h2-38H,1H3. The molecule has 0 amide bonds. The van der Waals surface area contributed by atoms with E-state index in [0.29, 0.717) is 17.5 Å². The molecule has 10 aromatic carbocycles. The summed E-state index contributed by atoms with van der Waals surface area (Å²) in [4.78, 5) is 15.7. The molecule has 0 radical (unpaired) electrons. The molecule has 0 aliphatic heterocycles. The molecule has 15 aromatic rings. The van der Waals surface area contributed by atoms with Crippen molar-refractivity contribution in [2.24, 2.45) is 0 Å². The third kappa shape index (κ3) is 5.74. The number of aromatic nitrogens is 6. The minimum atomic E-state index is 0.588. The predicted octanol–water partition coefficient (Wildman–Crippen LogP) is 16.4. The van der Waals surface area contributed by atoms with Crippen LogP contribution < -0.4 is 0 Å². The van der Waals surface area contributed by atoms with Gasteiger partial charge in [-0.1, -0.05) is 170 Å². The number of nitrogens with zero attached hydrogens (tertiary/aromatic N) is 6. The highest BCUT2D eigenvalue weighted by Crippen LogP contribution is 2.49. The summed E-state index contributed by atoms with van der Waals surface area (Å²) in [6.45, 7) is 2.18. The van der Waals surface area contributed by atoms with Crippen molar-refractivity contribution in [3.63, 3.8) is 0 Å². The maximum atomic E-state index is 7.20. The first kappa shape index (κ1) is 39.4. The molecular weight excluding hydrogens is 869 g/mol. The molecule has 0 spiro atoms. The van der Waals surface area contributed by atoms with Crippen LogP contribution in [0.1, 0.15) is 5.56 Å². The first-order valence-corrected chi connectivity index (χ1v) is 24.0. The van der Waals surface area contributed by atoms with E-state index in [-0.39, 0.29) is 0 Å². The fourth-order valence-electron chi connectivity index (χ4n) is 11.4. The van der Waals surface area contributed by atoms with Gasteiger partial charge in [-0.3, -0.25) is 0 Å². The molecule has 0 saturated carbocycles. The Labute approximate surface area is 406 Å². The van der Waals surface area contributed by atoms with Crippen molar-refractivity contribution in [2.75, 3.05) is 0 Å². The SMILES string of the molecule is Cc1cc(-n2c3ccccc3c3cc(-n4c5ccccc5c5ccccc54)c4c(c5ccccc5n4-c4ccccc4)c32)c2oc3ccccc3c2c1-c1nc(-c2ccccc2)nc(-c2ccccc2)n1. The number of hydrogen-bond donors (Lipinski definition) is 0. The average molecular weight is 909 g/mol. The first-order valence-electron chi connectivity index (χ1n) is 24.0. The molecule has 0 aliphatic carbocycles. The van der Waals surface area contributed by atoms with Crippen molar-refractivity contribution in [1.29, 1.82) is 0 Å². The van der Waals surface area contributed by atoms with Crippen LogP contribution >= 0.6 is 0 Å². The normalized spacial score (nSPS) is 12.0. The monoisotopic (exact) mass is 908 g/mol. The number of para-hydroxylation sites is 6. The summed E-state index contributed by atoms with van der Waals surface area (Å²) in [7, 11) is 0. The van der Waals surface area contributed by atoms with E-state index >= 15 is 0 Å². The van der Waals surface area contributed by atoms with Gasteiger partial charge < -0.3 is 18.1 Å². The number of hydrogen-bond acceptors (Lipinski definition) is 4. The van der Waals surface area contributed by atoms with E-state index in [1.54, 1.807) is 0 Å². The molecule has 7 heteroatoms. The summed E-state index contributed by atoms with van der Waals surface area (Å²) in [6, 6.07) is 79.5. The van der Waals surface area contributed by atoms with Gasteiger partial charge in [0.15, 0.2) is 23.1 Å². The minimum Gasteiger partial charge on any atom is -0.454 e. The van der Waals surface area contributed by atoms with Gasteiger partial charge in [-0.15, -0.1) is 0 Å². The van der Waals surface area contributed by atoms with Crippen LogP contribution in [-0.4, -0.2) is 28.7 Å². The predicted molar refractivity (Wildman–Crippen MR) is 291 cm³/mol. The molecule has 5 aromatic heterocycles. The molecule has 0 N–H and O–H groups in total. The summed E-state index contributed by atoms with van der Waals surface area (Å²) in [5, 5.41) is 8.97. The van der Waals surface area contributed by atoms with Crippen LogP contribution in [0.3, 0.4) is 0 Å². The third-order valence-electron chi connectivity index (χ3n) is 14.4. The summed E-state index contributed by atoms with van der Waals surface area (Å²) >= 11 is 0. The second-order valence-corrected chi connectivity index (χ2v) is 18.4. The van der Waals surface area contributed by atoms with E-state index in [1.165, 1.54) is 10.8 Å². The largest absolute Gasteiger partial charge is 0.454 e. The highest BCUT2D eigenvalue weighted by Gasteiger charge is 2.29. The van der Waals surface area contributed by atoms with Crippen LogP contribution in [0, 0.1) is 6.92 Å². The van der Waals surface area contributed by atoms with Gasteiger partial charge in [0.05, 0.1) is 44.5 Å². The van der Waals surface area contributed by atoms with Crippen molar-refractivity contribution >= 4 is 87.4 Å². The zero-order chi connectivity index (χ0) is 46.7. The number of benzene rings is 10. The third-order valence-corrected chi connectivity index (χ3v) is 14.4. The van der Waals surface area contributed by atoms with Crippen molar-refractivity contribution in [1.82, 2.24) is 28.7 Å². The molecule has 332 valence electrons. The van der Waals surface area contributed by atoms with Crippen molar-refractivity contribution in [2.45, 2.75) is 6.92 Å². The Morgan fingerprint density at radius 3 is 1.42 bits per heavy atom. The number of fused-ring (bicyclic) bond motifs is 13. The average Bonchev–Trinajstić information content (AvgIpc) is 4.18. The maximum Gasteiger partial charge on any atom is 0.165 e. The molecule has 5 heterocycles. The maximum absolute atomic E-state index is 7.20. The first-order chi connectivity index (χ1) is 35.2. The fraction of sp³-hybridized carbons (Fsp3) is 0.0156. The highest BCUT2D eigenvalue weighted by atomic mass is 16.3. The number of rotatable bonds is 6. The minimum absolute atomic E-state index is 0.588. The van der Waals surface area contributed by atoms with E-state index < -0.39 is 0 Å². The summed E-state index contributed by atoms with van der Waals surface area (Å²) in [5.41, 5.74) is 15.1. The van der Waals surface area contributed by atoms with Crippen LogP contribution in [0.15, 0.2) is 229 Å². The lowest BCUT2D eigenvalue weighted by Crippen LogP contribution is -2.03. The lowest BCUT2D eigenvalue weighted by atomic mass is 9.98. The van der Waals surface area contributed by atoms with Gasteiger partial charge in [-0.05, 0) is 67.1 Å². The van der Waals surface area contributed by atoms with Gasteiger partial charge in [0, 0.05) is 65.5 Å². The van der Waals surface area contributed by atoms with Crippen LogP contribution in [0.4, 0.5) is 0 Å². The second-order valence-electron chi connectivity index (χ2n) is 18.4. The zero-order valence-corrected chi connectivity index (χ0v) is 38.5. The summed E-state index contributed by atoms with van der Waals surface area (Å²) in [5.74, 6) is 1.81. The molecule has 7 nitrogen and oxygen atoms in total. The Hall–Kier alpha value is -9.59. The van der Waals surface area contributed by atoms with E-state index in [1.807, 2.05) is 42.5 Å². The fourth-order valence-corrected chi connectivity index (χ4v) is 11.4. The highest BCUT2D eigenvalue weighted by molar-refractivity contribution is 6.29. The van der Waals surface area contributed by atoms with Crippen LogP contribution in [0.5, 0.6) is 0 Å². The Morgan fingerprint density at radius 1 is 0.352 bits per heavy atom. The van der Waals surface area contributed by atoms with Crippen molar-refractivity contribution < 1.29 is 4.42 Å². The Balaban J connectivity index is 1.12. The van der Waals surface area contributed by atoms with E-state index in [0.717, 1.165) is 116 Å². The number of aryl methyl sites for hydroxylation is 1. The van der Waals surface area contributed by atoms with Crippen LogP contribution in [-0.2, 0) is 0 Å². The van der Waals surface area contributed by atoms with Gasteiger partial charge in [-0.2, -0.15) is 0 Å². The van der Waals surface area contributed by atoms with Gasteiger partial charge in [0.2, 0.25) is 0 Å². The quantitative estimate of drug-likeness (QED) is 0.167. The Bertz CT molecular complexity index is 4530. The van der Waals surface area contributed by atoms with Gasteiger partial charge in [0.1, 0.15) is 5.58 Å². The molecule has 0 unspecified atom stereocenters. The molecular formula is C64H40N6O. The van der Waals surface area contributed by atoms with Gasteiger partial charge in [-0.25, -0.2) is 15.0 Å². The van der Waals surface area contributed by atoms with Crippen LogP contribution in [0.2, 0.25) is 0 Å². The zero-order valence-electron chi connectivity index (χ0n) is 38.5. The molecule has 15 rings (SSSR count). The van der Waals surface area contributed by atoms with E-state index in [2.05, 4.69) is 203 Å². The Kier molecular flexibility index (Phi) is 8.44. The molecule has 0 bridgehead atoms. The second kappa shape index (κ2) is 15.2. The van der Waals surface area contributed by atoms with Gasteiger partial charge in [0.25, 0.3) is 0 Å². The lowest BCUT2D eigenvalue weighted by Gasteiger charge is -2.17. The molecule has 0 aliphatic rings. The molecule has 0 atom stereocenters. The smallest absolute Gasteiger partial charge is 0.165 e. The van der Waals surface area contributed by atoms with E-state index in [4.69, 9.17) is 19.4 Å². The Morgan fingerprint density at radius 2 is 0.817 bits per heavy atom. The number of furan rings is 1. The topological polar surface area (TPSA) is 66.6 Å². The summed E-state index contributed by atoms with van der Waals surface area (Å²) in [6.07, 6.45) is 0. The molecule has 71 heavy (non-hydrogen) atoms. The molecule has 0 fully saturated rings. The molecule has 0 saturated heterocycles. The van der Waals surface area contributed by atoms with Crippen LogP contribution in [0.25, 0.3) is 139 Å². The van der Waals surface area contributed by atoms with Gasteiger partial charge >= 0.3 is 0 Å². The lowest BCUT2D eigenvalue weighted by molar-refractivity contribution is 0.666. The van der Waals surface area contributed by atoms with Crippen molar-refractivity contribution in [3.05, 3.63) is 230 Å². The van der Waals surface area contributed by atoms with Crippen molar-refractivity contribution in [3.8, 4) is 51.2 Å².